The first-order valence-corrected chi connectivity index (χ1v) is 9.29. The zero-order chi connectivity index (χ0) is 21.4. The molecule has 0 aliphatic heterocycles. The lowest BCUT2D eigenvalue weighted by Gasteiger charge is -2.10. The number of aromatic amines is 1. The Morgan fingerprint density at radius 2 is 2.03 bits per heavy atom. The lowest BCUT2D eigenvalue weighted by molar-refractivity contribution is -0.119. The molecule has 0 spiro atoms. The number of carbonyl (C=O) groups is 1. The molecule has 4 rings (SSSR count). The zero-order valence-electron chi connectivity index (χ0n) is 17.1. The molecule has 0 fully saturated rings. The van der Waals surface area contributed by atoms with Gasteiger partial charge in [-0.3, -0.25) is 14.6 Å². The molecular weight excluding hydrogens is 386 g/mol. The molecule has 0 saturated carbocycles. The van der Waals surface area contributed by atoms with Crippen LogP contribution in [0.5, 0.6) is 0 Å². The molecule has 0 aliphatic rings. The monoisotopic (exact) mass is 407 g/mol. The highest BCUT2D eigenvalue weighted by atomic mass is 16.5. The molecule has 1 amide bonds. The van der Waals surface area contributed by atoms with Gasteiger partial charge in [0.25, 0.3) is 11.5 Å². The molecular formula is C20H21N7O3. The number of hydrogen-bond donors (Lipinski definition) is 2. The highest BCUT2D eigenvalue weighted by Gasteiger charge is 2.17. The maximum Gasteiger partial charge on any atom is 0.263 e. The van der Waals surface area contributed by atoms with Crippen molar-refractivity contribution in [3.8, 4) is 11.6 Å². The van der Waals surface area contributed by atoms with Crippen LogP contribution < -0.4 is 10.9 Å². The molecule has 4 aromatic rings. The quantitative estimate of drug-likeness (QED) is 0.521. The Hall–Kier alpha value is -3.79. The van der Waals surface area contributed by atoms with E-state index >= 15 is 0 Å². The normalized spacial score (nSPS) is 11.2. The van der Waals surface area contributed by atoms with E-state index in [1.165, 1.54) is 18.0 Å². The maximum atomic E-state index is 12.7. The van der Waals surface area contributed by atoms with Crippen LogP contribution in [0.25, 0.3) is 22.7 Å². The van der Waals surface area contributed by atoms with Gasteiger partial charge in [-0.25, -0.2) is 4.68 Å². The summed E-state index contributed by atoms with van der Waals surface area (Å²) in [5, 5.41) is 11.8. The van der Waals surface area contributed by atoms with Gasteiger partial charge in [-0.15, -0.1) is 0 Å². The Kier molecular flexibility index (Phi) is 4.92. The number of aryl methyl sites for hydroxylation is 2. The van der Waals surface area contributed by atoms with Crippen molar-refractivity contribution in [2.75, 3.05) is 19.0 Å². The van der Waals surface area contributed by atoms with Crippen LogP contribution in [0, 0.1) is 20.8 Å². The van der Waals surface area contributed by atoms with Crippen LogP contribution in [0.4, 0.5) is 5.82 Å². The average Bonchev–Trinajstić information content (AvgIpc) is 3.28. The van der Waals surface area contributed by atoms with Gasteiger partial charge in [0, 0.05) is 13.2 Å². The Morgan fingerprint density at radius 3 is 2.80 bits per heavy atom. The molecule has 0 aliphatic carbocycles. The number of fused-ring (bicyclic) bond motifs is 1. The predicted octanol–water partition coefficient (Wildman–Crippen LogP) is 1.80. The van der Waals surface area contributed by atoms with Gasteiger partial charge in [-0.2, -0.15) is 19.9 Å². The molecule has 0 saturated heterocycles. The summed E-state index contributed by atoms with van der Waals surface area (Å²) in [5.41, 5.74) is 3.66. The van der Waals surface area contributed by atoms with E-state index < -0.39 is 0 Å². The number of aromatic nitrogens is 6. The van der Waals surface area contributed by atoms with Crippen molar-refractivity contribution in [2.45, 2.75) is 20.8 Å². The minimum atomic E-state index is -0.353. The maximum absolute atomic E-state index is 12.7. The Balaban J connectivity index is 1.88. The second-order valence-electron chi connectivity index (χ2n) is 6.97. The molecule has 10 heteroatoms. The summed E-state index contributed by atoms with van der Waals surface area (Å²) in [6.07, 6.45) is 1.49. The fourth-order valence-electron chi connectivity index (χ4n) is 3.21. The third kappa shape index (κ3) is 3.37. The molecule has 1 aromatic carbocycles. The average molecular weight is 407 g/mol. The number of rotatable bonds is 5. The van der Waals surface area contributed by atoms with Crippen LogP contribution in [0.2, 0.25) is 0 Å². The van der Waals surface area contributed by atoms with E-state index in [0.717, 1.165) is 16.8 Å². The van der Waals surface area contributed by atoms with E-state index in [-0.39, 0.29) is 24.0 Å². The second kappa shape index (κ2) is 7.56. The molecule has 154 valence electrons. The number of benzene rings is 1. The van der Waals surface area contributed by atoms with E-state index in [1.807, 2.05) is 32.0 Å². The molecule has 0 atom stereocenters. The number of carbonyl (C=O) groups excluding carboxylic acids is 1. The van der Waals surface area contributed by atoms with Gasteiger partial charge in [-0.1, -0.05) is 12.1 Å². The van der Waals surface area contributed by atoms with Gasteiger partial charge in [0.15, 0.2) is 5.65 Å². The Labute approximate surface area is 171 Å². The number of methoxy groups -OCH3 is 1. The number of amides is 1. The summed E-state index contributed by atoms with van der Waals surface area (Å²) >= 11 is 0. The number of hydrogen-bond acceptors (Lipinski definition) is 6. The van der Waals surface area contributed by atoms with Crippen molar-refractivity contribution >= 4 is 22.8 Å². The van der Waals surface area contributed by atoms with E-state index in [2.05, 4.69) is 25.5 Å². The lowest BCUT2D eigenvalue weighted by atomic mass is 10.1. The number of nitrogens with zero attached hydrogens (tertiary/aromatic N) is 5. The van der Waals surface area contributed by atoms with Crippen molar-refractivity contribution < 1.29 is 9.53 Å². The SMILES string of the molecule is COCC(=O)Nc1cc(C)nn1-c1nc2c(cnn2-c2cccc(C)c2C)c(=O)[nH]1. The van der Waals surface area contributed by atoms with Gasteiger partial charge >= 0.3 is 0 Å². The van der Waals surface area contributed by atoms with E-state index in [1.54, 1.807) is 17.7 Å². The minimum absolute atomic E-state index is 0.105. The first-order valence-electron chi connectivity index (χ1n) is 9.29. The number of anilines is 1. The van der Waals surface area contributed by atoms with Crippen molar-refractivity contribution in [3.05, 3.63) is 57.6 Å². The van der Waals surface area contributed by atoms with E-state index in [0.29, 0.717) is 22.5 Å². The summed E-state index contributed by atoms with van der Waals surface area (Å²) in [5.74, 6) is 0.192. The zero-order valence-corrected chi connectivity index (χ0v) is 17.1. The predicted molar refractivity (Wildman–Crippen MR) is 111 cm³/mol. The van der Waals surface area contributed by atoms with Crippen LogP contribution in [0.3, 0.4) is 0 Å². The van der Waals surface area contributed by atoms with Crippen molar-refractivity contribution in [1.29, 1.82) is 0 Å². The van der Waals surface area contributed by atoms with Crippen molar-refractivity contribution in [1.82, 2.24) is 29.5 Å². The number of nitrogens with one attached hydrogen (secondary N) is 2. The number of H-pyrrole nitrogens is 1. The van der Waals surface area contributed by atoms with Gasteiger partial charge < -0.3 is 10.1 Å². The highest BCUT2D eigenvalue weighted by molar-refractivity contribution is 5.91. The fraction of sp³-hybridized carbons (Fsp3) is 0.250. The first-order chi connectivity index (χ1) is 14.4. The number of ether oxygens (including phenoxy) is 1. The summed E-state index contributed by atoms with van der Waals surface area (Å²) in [6.45, 7) is 5.68. The van der Waals surface area contributed by atoms with Crippen molar-refractivity contribution in [2.24, 2.45) is 0 Å². The molecule has 0 radical (unpaired) electrons. The van der Waals surface area contributed by atoms with Crippen LogP contribution in [0.1, 0.15) is 16.8 Å². The Bertz CT molecular complexity index is 1320. The first kappa shape index (κ1) is 19.5. The van der Waals surface area contributed by atoms with Crippen LogP contribution in [0.15, 0.2) is 35.3 Å². The molecule has 2 N–H and O–H groups in total. The smallest absolute Gasteiger partial charge is 0.263 e. The third-order valence-electron chi connectivity index (χ3n) is 4.80. The van der Waals surface area contributed by atoms with Crippen LogP contribution in [-0.4, -0.2) is 49.2 Å². The fourth-order valence-corrected chi connectivity index (χ4v) is 3.21. The molecule has 0 unspecified atom stereocenters. The van der Waals surface area contributed by atoms with Gasteiger partial charge in [0.2, 0.25) is 5.95 Å². The second-order valence-corrected chi connectivity index (χ2v) is 6.97. The van der Waals surface area contributed by atoms with Crippen molar-refractivity contribution in [3.63, 3.8) is 0 Å². The Morgan fingerprint density at radius 1 is 1.23 bits per heavy atom. The highest BCUT2D eigenvalue weighted by Crippen LogP contribution is 2.21. The molecule has 3 aromatic heterocycles. The third-order valence-corrected chi connectivity index (χ3v) is 4.80. The van der Waals surface area contributed by atoms with Gasteiger partial charge in [-0.05, 0) is 38.0 Å². The molecule has 10 nitrogen and oxygen atoms in total. The van der Waals surface area contributed by atoms with Crippen LogP contribution >= 0.6 is 0 Å². The van der Waals surface area contributed by atoms with E-state index in [9.17, 15) is 9.59 Å². The van der Waals surface area contributed by atoms with Crippen LogP contribution in [-0.2, 0) is 9.53 Å². The summed E-state index contributed by atoms with van der Waals surface area (Å²) in [6, 6.07) is 7.54. The lowest BCUT2D eigenvalue weighted by Crippen LogP contribution is -2.21. The topological polar surface area (TPSA) is 120 Å². The van der Waals surface area contributed by atoms with E-state index in [4.69, 9.17) is 4.74 Å². The van der Waals surface area contributed by atoms with Gasteiger partial charge in [0.05, 0.1) is 17.6 Å². The summed E-state index contributed by atoms with van der Waals surface area (Å²) < 4.78 is 7.87. The molecule has 0 bridgehead atoms. The van der Waals surface area contributed by atoms with Gasteiger partial charge in [0.1, 0.15) is 17.8 Å². The summed E-state index contributed by atoms with van der Waals surface area (Å²) in [7, 11) is 1.43. The summed E-state index contributed by atoms with van der Waals surface area (Å²) in [4.78, 5) is 32.0. The minimum Gasteiger partial charge on any atom is -0.375 e. The molecule has 30 heavy (non-hydrogen) atoms. The largest absolute Gasteiger partial charge is 0.375 e. The molecule has 3 heterocycles. The standard InChI is InChI=1S/C20H21N7O3/c1-11-6-5-7-15(13(11)3)26-18-14(9-21-26)19(29)24-20(23-18)27-16(8-12(2)25-27)22-17(28)10-30-4/h5-9H,10H2,1-4H3,(H,22,28)(H,23,24,29).